The Morgan fingerprint density at radius 2 is 2.07 bits per heavy atom. The van der Waals surface area contributed by atoms with Crippen molar-refractivity contribution < 1.29 is 4.74 Å². The lowest BCUT2D eigenvalue weighted by atomic mass is 10.2. The van der Waals surface area contributed by atoms with Gasteiger partial charge < -0.3 is 4.74 Å². The first-order valence-corrected chi connectivity index (χ1v) is 5.32. The average molecular weight is 205 g/mol. The van der Waals surface area contributed by atoms with Gasteiger partial charge in [0.05, 0.1) is 11.5 Å². The summed E-state index contributed by atoms with van der Waals surface area (Å²) in [6, 6.07) is 12.2. The molecule has 1 heterocycles. The molecule has 1 aromatic heterocycles. The Morgan fingerprint density at radius 1 is 1.29 bits per heavy atom. The number of benzene rings is 1. The molecule has 2 nitrogen and oxygen atoms in total. The molecule has 0 spiro atoms. The van der Waals surface area contributed by atoms with Crippen molar-refractivity contribution >= 4 is 11.5 Å². The van der Waals surface area contributed by atoms with Gasteiger partial charge in [0.2, 0.25) is 5.88 Å². The first-order valence-electron chi connectivity index (χ1n) is 4.55. The third kappa shape index (κ3) is 1.93. The van der Waals surface area contributed by atoms with Crippen molar-refractivity contribution in [3.63, 3.8) is 0 Å². The van der Waals surface area contributed by atoms with Crippen LogP contribution in [0, 0.1) is 0 Å². The Kier molecular flexibility index (Phi) is 2.79. The summed E-state index contributed by atoms with van der Waals surface area (Å²) in [5.74, 6) is 0.719. The van der Waals surface area contributed by atoms with Crippen LogP contribution < -0.4 is 4.74 Å². The van der Waals surface area contributed by atoms with Gasteiger partial charge in [0.25, 0.3) is 0 Å². The van der Waals surface area contributed by atoms with Gasteiger partial charge in [0.1, 0.15) is 0 Å². The summed E-state index contributed by atoms with van der Waals surface area (Å²) in [6.07, 6.45) is 0. The van der Waals surface area contributed by atoms with Gasteiger partial charge in [0.15, 0.2) is 0 Å². The van der Waals surface area contributed by atoms with Crippen LogP contribution in [0.1, 0.15) is 6.92 Å². The van der Waals surface area contributed by atoms with E-state index in [-0.39, 0.29) is 0 Å². The van der Waals surface area contributed by atoms with E-state index >= 15 is 0 Å². The summed E-state index contributed by atoms with van der Waals surface area (Å²) in [4.78, 5) is 1.15. The van der Waals surface area contributed by atoms with Crippen LogP contribution in [0.25, 0.3) is 10.4 Å². The Balaban J connectivity index is 2.25. The topological polar surface area (TPSA) is 22.1 Å². The quantitative estimate of drug-likeness (QED) is 0.767. The summed E-state index contributed by atoms with van der Waals surface area (Å²) in [5.41, 5.74) is 1.19. The molecule has 0 saturated heterocycles. The zero-order valence-electron chi connectivity index (χ0n) is 7.93. The lowest BCUT2D eigenvalue weighted by molar-refractivity contribution is 0.330. The van der Waals surface area contributed by atoms with Gasteiger partial charge in [0, 0.05) is 6.07 Å². The molecule has 3 heteroatoms. The summed E-state index contributed by atoms with van der Waals surface area (Å²) < 4.78 is 9.51. The van der Waals surface area contributed by atoms with Crippen LogP contribution in [0.2, 0.25) is 0 Å². The molecule has 0 aliphatic heterocycles. The predicted octanol–water partition coefficient (Wildman–Crippen LogP) is 3.21. The molecule has 2 rings (SSSR count). The fourth-order valence-corrected chi connectivity index (χ4v) is 1.90. The highest BCUT2D eigenvalue weighted by Crippen LogP contribution is 2.27. The van der Waals surface area contributed by atoms with E-state index in [2.05, 4.69) is 16.5 Å². The average Bonchev–Trinajstić information content (AvgIpc) is 2.68. The van der Waals surface area contributed by atoms with Gasteiger partial charge in [-0.3, -0.25) is 0 Å². The molecule has 2 aromatic rings. The van der Waals surface area contributed by atoms with E-state index in [9.17, 15) is 0 Å². The summed E-state index contributed by atoms with van der Waals surface area (Å²) in [5, 5.41) is 0. The Bertz CT molecular complexity index is 397. The second kappa shape index (κ2) is 4.24. The van der Waals surface area contributed by atoms with E-state index in [1.807, 2.05) is 31.2 Å². The van der Waals surface area contributed by atoms with Crippen molar-refractivity contribution in [3.8, 4) is 16.3 Å². The van der Waals surface area contributed by atoms with Crippen LogP contribution in [0.4, 0.5) is 0 Å². The molecule has 0 fully saturated rings. The molecule has 0 atom stereocenters. The smallest absolute Gasteiger partial charge is 0.225 e. The Hall–Kier alpha value is -1.35. The minimum absolute atomic E-state index is 0.665. The number of hydrogen-bond donors (Lipinski definition) is 0. The van der Waals surface area contributed by atoms with Crippen molar-refractivity contribution in [1.82, 2.24) is 4.37 Å². The van der Waals surface area contributed by atoms with Gasteiger partial charge >= 0.3 is 0 Å². The highest BCUT2D eigenvalue weighted by atomic mass is 32.1. The SMILES string of the molecule is CCOc1cc(-c2ccccc2)sn1. The zero-order valence-corrected chi connectivity index (χ0v) is 8.75. The van der Waals surface area contributed by atoms with E-state index in [1.165, 1.54) is 17.1 Å². The standard InChI is InChI=1S/C11H11NOS/c1-2-13-11-8-10(14-12-11)9-6-4-3-5-7-9/h3-8H,2H2,1H3. The second-order valence-corrected chi connectivity index (χ2v) is 3.63. The van der Waals surface area contributed by atoms with Crippen molar-refractivity contribution in [2.45, 2.75) is 6.92 Å². The van der Waals surface area contributed by atoms with E-state index in [0.717, 1.165) is 10.8 Å². The first-order chi connectivity index (χ1) is 6.90. The van der Waals surface area contributed by atoms with Crippen LogP contribution in [-0.4, -0.2) is 11.0 Å². The number of aromatic nitrogens is 1. The van der Waals surface area contributed by atoms with E-state index in [4.69, 9.17) is 4.74 Å². The maximum atomic E-state index is 5.31. The molecule has 0 aliphatic rings. The second-order valence-electron chi connectivity index (χ2n) is 2.83. The van der Waals surface area contributed by atoms with Gasteiger partial charge in [-0.05, 0) is 24.0 Å². The Morgan fingerprint density at radius 3 is 2.79 bits per heavy atom. The van der Waals surface area contributed by atoms with Gasteiger partial charge in [-0.2, -0.15) is 4.37 Å². The fourth-order valence-electron chi connectivity index (χ4n) is 1.21. The molecule has 0 amide bonds. The summed E-state index contributed by atoms with van der Waals surface area (Å²) in [6.45, 7) is 2.62. The zero-order chi connectivity index (χ0) is 9.80. The summed E-state index contributed by atoms with van der Waals surface area (Å²) >= 11 is 1.47. The van der Waals surface area contributed by atoms with Gasteiger partial charge in [-0.1, -0.05) is 30.3 Å². The van der Waals surface area contributed by atoms with Crippen LogP contribution >= 0.6 is 11.5 Å². The van der Waals surface area contributed by atoms with E-state index in [1.54, 1.807) is 0 Å². The third-order valence-electron chi connectivity index (χ3n) is 1.84. The monoisotopic (exact) mass is 205 g/mol. The molecule has 0 radical (unpaired) electrons. The van der Waals surface area contributed by atoms with Gasteiger partial charge in [-0.25, -0.2) is 0 Å². The van der Waals surface area contributed by atoms with Crippen molar-refractivity contribution in [3.05, 3.63) is 36.4 Å². The van der Waals surface area contributed by atoms with Crippen molar-refractivity contribution in [1.29, 1.82) is 0 Å². The lowest BCUT2D eigenvalue weighted by Gasteiger charge is -1.94. The fraction of sp³-hybridized carbons (Fsp3) is 0.182. The normalized spacial score (nSPS) is 10.1. The molecule has 72 valence electrons. The molecular weight excluding hydrogens is 194 g/mol. The molecule has 1 aromatic carbocycles. The van der Waals surface area contributed by atoms with Crippen LogP contribution in [0.5, 0.6) is 5.88 Å². The van der Waals surface area contributed by atoms with E-state index < -0.39 is 0 Å². The summed E-state index contributed by atoms with van der Waals surface area (Å²) in [7, 11) is 0. The predicted molar refractivity (Wildman–Crippen MR) is 58.7 cm³/mol. The van der Waals surface area contributed by atoms with E-state index in [0.29, 0.717) is 6.61 Å². The first kappa shape index (κ1) is 9.21. The molecule has 0 N–H and O–H groups in total. The largest absolute Gasteiger partial charge is 0.477 e. The Labute approximate surface area is 87.3 Å². The molecule has 0 saturated carbocycles. The lowest BCUT2D eigenvalue weighted by Crippen LogP contribution is -1.89. The third-order valence-corrected chi connectivity index (χ3v) is 2.66. The maximum Gasteiger partial charge on any atom is 0.225 e. The molecule has 0 unspecified atom stereocenters. The molecule has 0 aliphatic carbocycles. The number of hydrogen-bond acceptors (Lipinski definition) is 3. The minimum Gasteiger partial charge on any atom is -0.477 e. The number of nitrogens with zero attached hydrogens (tertiary/aromatic N) is 1. The molecular formula is C11H11NOS. The maximum absolute atomic E-state index is 5.31. The van der Waals surface area contributed by atoms with Crippen molar-refractivity contribution in [2.24, 2.45) is 0 Å². The number of rotatable bonds is 3. The molecule has 0 bridgehead atoms. The number of ether oxygens (including phenoxy) is 1. The molecule has 14 heavy (non-hydrogen) atoms. The minimum atomic E-state index is 0.665. The van der Waals surface area contributed by atoms with Crippen LogP contribution in [0.3, 0.4) is 0 Å². The van der Waals surface area contributed by atoms with Crippen molar-refractivity contribution in [2.75, 3.05) is 6.61 Å². The van der Waals surface area contributed by atoms with Crippen LogP contribution in [-0.2, 0) is 0 Å². The highest BCUT2D eigenvalue weighted by molar-refractivity contribution is 7.09. The van der Waals surface area contributed by atoms with Gasteiger partial charge in [-0.15, -0.1) is 0 Å². The van der Waals surface area contributed by atoms with Crippen LogP contribution in [0.15, 0.2) is 36.4 Å². The highest BCUT2D eigenvalue weighted by Gasteiger charge is 2.03.